The smallest absolute Gasteiger partial charge is 0.142 e. The van der Waals surface area contributed by atoms with Gasteiger partial charge in [-0.3, -0.25) is 0 Å². The van der Waals surface area contributed by atoms with Crippen LogP contribution in [0.15, 0.2) is 43.0 Å². The van der Waals surface area contributed by atoms with E-state index in [0.29, 0.717) is 47.3 Å². The summed E-state index contributed by atoms with van der Waals surface area (Å²) >= 11 is 0. The molecule has 0 bridgehead atoms. The van der Waals surface area contributed by atoms with Gasteiger partial charge < -0.3 is 18.1 Å². The number of aromatic nitrogens is 4. The van der Waals surface area contributed by atoms with Crippen LogP contribution in [0.3, 0.4) is 0 Å². The molecule has 0 aliphatic carbocycles. The Kier molecular flexibility index (Phi) is 52.3. The first-order valence-electron chi connectivity index (χ1n) is 20.3. The highest BCUT2D eigenvalue weighted by Gasteiger charge is 2.16. The molecule has 0 atom stereocenters. The molecular weight excluding hydrogens is 697 g/mol. The highest BCUT2D eigenvalue weighted by Crippen LogP contribution is 2.27. The Morgan fingerprint density at radius 2 is 0.571 bits per heavy atom. The summed E-state index contributed by atoms with van der Waals surface area (Å²) in [6, 6.07) is 0. The van der Waals surface area contributed by atoms with E-state index in [4.69, 9.17) is 18.1 Å². The molecule has 0 aliphatic heterocycles. The van der Waals surface area contributed by atoms with Crippen molar-refractivity contribution in [1.29, 1.82) is 0 Å². The average molecular weight is 797 g/mol. The summed E-state index contributed by atoms with van der Waals surface area (Å²) in [7, 11) is 0. The van der Waals surface area contributed by atoms with Gasteiger partial charge in [0.1, 0.15) is 24.0 Å². The molecule has 336 valence electrons. The normalized spacial score (nSPS) is 9.43. The SMILES string of the molecule is C.C.C.C.CC.CC.CC.CC.CC(C)c1cnoc1C(C)C.CC(C)c1cnoc1C(C)C.CC(C)c1conc1C(C)C.CC(C)c1conc1C(C)C. The Balaban J connectivity index is -0.0000000841. The highest BCUT2D eigenvalue weighted by molar-refractivity contribution is 5.22. The fourth-order valence-corrected chi connectivity index (χ4v) is 4.50. The van der Waals surface area contributed by atoms with E-state index in [1.807, 2.05) is 67.8 Å². The molecule has 0 saturated heterocycles. The van der Waals surface area contributed by atoms with Crippen molar-refractivity contribution in [2.45, 2.75) is 243 Å². The molecule has 4 heterocycles. The fraction of sp³-hybridized carbons (Fsp3) is 0.750. The van der Waals surface area contributed by atoms with Crippen molar-refractivity contribution in [2.75, 3.05) is 0 Å². The number of rotatable bonds is 8. The summed E-state index contributed by atoms with van der Waals surface area (Å²) in [4.78, 5) is 0. The van der Waals surface area contributed by atoms with Gasteiger partial charge in [-0.1, -0.05) is 217 Å². The first-order chi connectivity index (χ1) is 24.5. The highest BCUT2D eigenvalue weighted by atomic mass is 16.5. The van der Waals surface area contributed by atoms with Gasteiger partial charge in [0.05, 0.1) is 23.8 Å². The standard InChI is InChI=1S/4C9H15NO.4C2H6.4CH4/c2*1-6(2)8-5-11-10-9(8)7(3)4;2*1-6(2)8-5-10-11-9(8)7(3)4;4*1-2;;;;/h4*5-7H,1-4H3;4*1-2H3;4*1H4. The minimum atomic E-state index is 0. The molecule has 56 heavy (non-hydrogen) atoms. The molecule has 0 aromatic carbocycles. The molecule has 8 nitrogen and oxygen atoms in total. The van der Waals surface area contributed by atoms with Crippen LogP contribution in [0, 0.1) is 0 Å². The maximum absolute atomic E-state index is 5.14. The first-order valence-corrected chi connectivity index (χ1v) is 20.3. The van der Waals surface area contributed by atoms with Gasteiger partial charge in [-0.15, -0.1) is 0 Å². The monoisotopic (exact) mass is 797 g/mol. The largest absolute Gasteiger partial charge is 0.364 e. The van der Waals surface area contributed by atoms with Gasteiger partial charge in [0, 0.05) is 34.1 Å². The predicted octanol–water partition coefficient (Wildman–Crippen LogP) is 18.3. The van der Waals surface area contributed by atoms with Gasteiger partial charge in [-0.2, -0.15) is 0 Å². The third-order valence-corrected chi connectivity index (χ3v) is 7.14. The van der Waals surface area contributed by atoms with Crippen molar-refractivity contribution in [3.8, 4) is 0 Å². The molecule has 8 heteroatoms. The Labute approximate surface area is 351 Å². The first kappa shape index (κ1) is 70.6. The van der Waals surface area contributed by atoms with E-state index in [1.54, 1.807) is 12.5 Å². The van der Waals surface area contributed by atoms with Gasteiger partial charge in [0.25, 0.3) is 0 Å². The Morgan fingerprint density at radius 3 is 0.714 bits per heavy atom. The number of hydrogen-bond acceptors (Lipinski definition) is 8. The molecule has 0 radical (unpaired) electrons. The molecule has 0 unspecified atom stereocenters. The van der Waals surface area contributed by atoms with Crippen LogP contribution >= 0.6 is 0 Å². The second-order valence-corrected chi connectivity index (χ2v) is 13.8. The van der Waals surface area contributed by atoms with Crippen molar-refractivity contribution in [3.05, 3.63) is 70.1 Å². The number of nitrogens with zero attached hydrogens (tertiary/aromatic N) is 4. The topological polar surface area (TPSA) is 104 Å². The number of hydrogen-bond donors (Lipinski definition) is 0. The van der Waals surface area contributed by atoms with E-state index in [-0.39, 0.29) is 29.7 Å². The zero-order valence-corrected chi connectivity index (χ0v) is 38.4. The average Bonchev–Trinajstić information content (AvgIpc) is 3.95. The van der Waals surface area contributed by atoms with Crippen LogP contribution in [0.25, 0.3) is 0 Å². The minimum absolute atomic E-state index is 0. The van der Waals surface area contributed by atoms with E-state index in [1.165, 1.54) is 22.3 Å². The van der Waals surface area contributed by atoms with Crippen LogP contribution < -0.4 is 0 Å². The molecule has 0 aliphatic rings. The Bertz CT molecular complexity index is 1010. The van der Waals surface area contributed by atoms with Crippen molar-refractivity contribution >= 4 is 0 Å². The van der Waals surface area contributed by atoms with Gasteiger partial charge >= 0.3 is 0 Å². The van der Waals surface area contributed by atoms with E-state index < -0.39 is 0 Å². The second kappa shape index (κ2) is 41.5. The molecule has 0 fully saturated rings. The molecule has 0 saturated carbocycles. The van der Waals surface area contributed by atoms with Crippen molar-refractivity contribution in [3.63, 3.8) is 0 Å². The molecule has 0 spiro atoms. The van der Waals surface area contributed by atoms with Crippen molar-refractivity contribution in [1.82, 2.24) is 20.6 Å². The molecule has 4 aromatic heterocycles. The minimum Gasteiger partial charge on any atom is -0.364 e. The van der Waals surface area contributed by atoms with Gasteiger partial charge in [-0.05, 0) is 35.5 Å². The lowest BCUT2D eigenvalue weighted by Crippen LogP contribution is -1.95. The Morgan fingerprint density at radius 1 is 0.339 bits per heavy atom. The van der Waals surface area contributed by atoms with Gasteiger partial charge in [0.2, 0.25) is 0 Å². The van der Waals surface area contributed by atoms with Gasteiger partial charge in [-0.25, -0.2) is 0 Å². The quantitative estimate of drug-likeness (QED) is 0.174. The summed E-state index contributed by atoms with van der Waals surface area (Å²) in [5.41, 5.74) is 7.14. The summed E-state index contributed by atoms with van der Waals surface area (Å²) in [6.45, 7) is 50.2. The fourth-order valence-electron chi connectivity index (χ4n) is 4.50. The predicted molar refractivity (Wildman–Crippen MR) is 251 cm³/mol. The van der Waals surface area contributed by atoms with E-state index >= 15 is 0 Å². The molecule has 4 aromatic rings. The van der Waals surface area contributed by atoms with Crippen molar-refractivity contribution < 1.29 is 18.1 Å². The van der Waals surface area contributed by atoms with E-state index in [2.05, 4.69) is 131 Å². The van der Waals surface area contributed by atoms with Crippen LogP contribution in [-0.2, 0) is 0 Å². The van der Waals surface area contributed by atoms with E-state index in [9.17, 15) is 0 Å². The zero-order valence-electron chi connectivity index (χ0n) is 38.4. The maximum atomic E-state index is 5.14. The van der Waals surface area contributed by atoms with Crippen LogP contribution in [-0.4, -0.2) is 20.6 Å². The summed E-state index contributed by atoms with van der Waals surface area (Å²) < 4.78 is 20.1. The van der Waals surface area contributed by atoms with Crippen molar-refractivity contribution in [2.24, 2.45) is 0 Å². The summed E-state index contributed by atoms with van der Waals surface area (Å²) in [5.74, 6) is 5.91. The third kappa shape index (κ3) is 26.6. The summed E-state index contributed by atoms with van der Waals surface area (Å²) in [5, 5.41) is 15.5. The zero-order chi connectivity index (χ0) is 41.7. The molecule has 4 rings (SSSR count). The maximum Gasteiger partial charge on any atom is 0.142 e. The second-order valence-electron chi connectivity index (χ2n) is 13.8. The molecule has 0 N–H and O–H groups in total. The third-order valence-electron chi connectivity index (χ3n) is 7.14. The summed E-state index contributed by atoms with van der Waals surface area (Å²) in [6.07, 6.45) is 7.14. The molecule has 0 amide bonds. The molecular formula is C48H100N4O4. The van der Waals surface area contributed by atoms with E-state index in [0.717, 1.165) is 22.9 Å². The Hall–Kier alpha value is -3.16. The van der Waals surface area contributed by atoms with Crippen LogP contribution in [0.4, 0.5) is 0 Å². The van der Waals surface area contributed by atoms with Crippen LogP contribution in [0.5, 0.6) is 0 Å². The van der Waals surface area contributed by atoms with Crippen LogP contribution in [0.1, 0.15) is 288 Å². The van der Waals surface area contributed by atoms with Crippen LogP contribution in [0.2, 0.25) is 0 Å². The van der Waals surface area contributed by atoms with Gasteiger partial charge in [0.15, 0.2) is 0 Å². The lowest BCUT2D eigenvalue weighted by Gasteiger charge is -2.05. The lowest BCUT2D eigenvalue weighted by molar-refractivity contribution is 0.368. The lowest BCUT2D eigenvalue weighted by atomic mass is 9.98.